The number of rotatable bonds is 6. The summed E-state index contributed by atoms with van der Waals surface area (Å²) in [6.45, 7) is 1.08. The smallest absolute Gasteiger partial charge is 0.282 e. The van der Waals surface area contributed by atoms with Crippen molar-refractivity contribution in [2.75, 3.05) is 18.1 Å². The fraction of sp³-hybridized carbons (Fsp3) is 1.00. The minimum atomic E-state index is -4.09. The van der Waals surface area contributed by atoms with Crippen molar-refractivity contribution in [2.24, 2.45) is 0 Å². The van der Waals surface area contributed by atoms with Crippen molar-refractivity contribution < 1.29 is 25.7 Å². The molecular formula is C4H11NO6S2. The minimum absolute atomic E-state index is 0.216. The van der Waals surface area contributed by atoms with Crippen LogP contribution in [0.1, 0.15) is 6.92 Å². The summed E-state index contributed by atoms with van der Waals surface area (Å²) in [6, 6.07) is 0. The van der Waals surface area contributed by atoms with Gasteiger partial charge in [0.05, 0.1) is 11.5 Å². The van der Waals surface area contributed by atoms with Crippen molar-refractivity contribution >= 4 is 20.2 Å². The molecule has 0 bridgehead atoms. The third kappa shape index (κ3) is 8.12. The second-order valence-electron chi connectivity index (χ2n) is 2.11. The second-order valence-corrected chi connectivity index (χ2v) is 5.54. The maximum atomic E-state index is 10.6. The van der Waals surface area contributed by atoms with Gasteiger partial charge < -0.3 is 0 Å². The van der Waals surface area contributed by atoms with Crippen LogP contribution >= 0.6 is 0 Å². The highest BCUT2D eigenvalue weighted by molar-refractivity contribution is 7.86. The van der Waals surface area contributed by atoms with Crippen molar-refractivity contribution in [3.05, 3.63) is 0 Å². The molecule has 0 aromatic heterocycles. The Balaban J connectivity index is 3.71. The predicted octanol–water partition coefficient (Wildman–Crippen LogP) is -1.25. The van der Waals surface area contributed by atoms with E-state index in [2.05, 4.69) is 4.28 Å². The lowest BCUT2D eigenvalue weighted by atomic mass is 10.8. The third-order valence-electron chi connectivity index (χ3n) is 1.00. The van der Waals surface area contributed by atoms with Gasteiger partial charge in [-0.2, -0.15) is 26.6 Å². The molecule has 9 heteroatoms. The lowest BCUT2D eigenvalue weighted by molar-refractivity contribution is 0.210. The van der Waals surface area contributed by atoms with Crippen LogP contribution in [0.2, 0.25) is 0 Å². The van der Waals surface area contributed by atoms with E-state index in [4.69, 9.17) is 4.55 Å². The molecule has 7 nitrogen and oxygen atoms in total. The Labute approximate surface area is 76.9 Å². The quantitative estimate of drug-likeness (QED) is 0.335. The van der Waals surface area contributed by atoms with Crippen molar-refractivity contribution in [3.8, 4) is 0 Å². The zero-order chi connectivity index (χ0) is 10.5. The van der Waals surface area contributed by atoms with Crippen molar-refractivity contribution in [1.29, 1.82) is 0 Å². The van der Waals surface area contributed by atoms with E-state index in [0.29, 0.717) is 0 Å². The van der Waals surface area contributed by atoms with Crippen LogP contribution in [0.5, 0.6) is 0 Å². The molecule has 0 aliphatic rings. The van der Waals surface area contributed by atoms with Crippen LogP contribution in [-0.4, -0.2) is 39.4 Å². The highest BCUT2D eigenvalue weighted by Crippen LogP contribution is 1.88. The average Bonchev–Trinajstić information content (AvgIpc) is 1.97. The molecule has 0 aromatic carbocycles. The van der Waals surface area contributed by atoms with Gasteiger partial charge >= 0.3 is 0 Å². The van der Waals surface area contributed by atoms with Gasteiger partial charge in [-0.05, 0) is 6.92 Å². The second kappa shape index (κ2) is 4.86. The van der Waals surface area contributed by atoms with Crippen LogP contribution in [0.25, 0.3) is 0 Å². The third-order valence-corrected chi connectivity index (χ3v) is 2.80. The highest BCUT2D eigenvalue weighted by atomic mass is 32.2. The lowest BCUT2D eigenvalue weighted by Crippen LogP contribution is -2.26. The van der Waals surface area contributed by atoms with Crippen LogP contribution in [0.15, 0.2) is 0 Å². The molecule has 0 unspecified atom stereocenters. The van der Waals surface area contributed by atoms with Crippen LogP contribution in [-0.2, 0) is 24.5 Å². The molecule has 0 aliphatic heterocycles. The first-order valence-electron chi connectivity index (χ1n) is 3.36. The summed E-state index contributed by atoms with van der Waals surface area (Å²) >= 11 is 0. The Kier molecular flexibility index (Phi) is 4.78. The van der Waals surface area contributed by atoms with Gasteiger partial charge in [-0.1, -0.05) is 0 Å². The maximum absolute atomic E-state index is 10.6. The average molecular weight is 233 g/mol. The highest BCUT2D eigenvalue weighted by Gasteiger charge is 2.08. The molecule has 0 amide bonds. The number of nitrogens with one attached hydrogen (secondary N) is 1. The summed E-state index contributed by atoms with van der Waals surface area (Å²) in [7, 11) is -7.71. The van der Waals surface area contributed by atoms with E-state index in [-0.39, 0.29) is 12.3 Å². The summed E-state index contributed by atoms with van der Waals surface area (Å²) in [5.41, 5.74) is 1.91. The van der Waals surface area contributed by atoms with Crippen LogP contribution in [0, 0.1) is 0 Å². The monoisotopic (exact) mass is 233 g/mol. The van der Waals surface area contributed by atoms with Crippen LogP contribution < -0.4 is 5.48 Å². The van der Waals surface area contributed by atoms with Gasteiger partial charge in [0.1, 0.15) is 0 Å². The molecule has 0 heterocycles. The minimum Gasteiger partial charge on any atom is -0.286 e. The number of hydrogen-bond acceptors (Lipinski definition) is 6. The summed E-state index contributed by atoms with van der Waals surface area (Å²) < 4.78 is 53.9. The first-order valence-corrected chi connectivity index (χ1v) is 6.54. The van der Waals surface area contributed by atoms with E-state index in [1.54, 1.807) is 0 Å². The van der Waals surface area contributed by atoms with Crippen molar-refractivity contribution in [3.63, 3.8) is 0 Å². The molecule has 13 heavy (non-hydrogen) atoms. The van der Waals surface area contributed by atoms with Crippen LogP contribution in [0.4, 0.5) is 0 Å². The Morgan fingerprint density at radius 3 is 2.23 bits per heavy atom. The molecule has 80 valence electrons. The molecule has 2 N–H and O–H groups in total. The molecule has 0 fully saturated rings. The summed E-state index contributed by atoms with van der Waals surface area (Å²) in [6.07, 6.45) is 0. The molecule has 0 saturated carbocycles. The van der Waals surface area contributed by atoms with E-state index >= 15 is 0 Å². The molecule has 0 radical (unpaired) electrons. The van der Waals surface area contributed by atoms with Gasteiger partial charge in [0.2, 0.25) is 0 Å². The Morgan fingerprint density at radius 2 is 1.85 bits per heavy atom. The van der Waals surface area contributed by atoms with Gasteiger partial charge in [0.25, 0.3) is 20.2 Å². The van der Waals surface area contributed by atoms with E-state index < -0.39 is 26.0 Å². The number of hydroxylamine groups is 1. The first kappa shape index (κ1) is 12.8. The Bertz CT molecular complexity index is 330. The SMILES string of the molecule is CCS(=O)(=O)ONCCS(=O)(=O)O. The lowest BCUT2D eigenvalue weighted by Gasteiger charge is -2.02. The zero-order valence-electron chi connectivity index (χ0n) is 6.93. The first-order chi connectivity index (χ1) is 5.77. The molecule has 0 spiro atoms. The molecule has 0 atom stereocenters. The van der Waals surface area contributed by atoms with Gasteiger partial charge in [0.15, 0.2) is 0 Å². The fourth-order valence-corrected chi connectivity index (χ4v) is 1.08. The standard InChI is InChI=1S/C4H11NO6S2/c1-2-13(9,10)11-5-3-4-12(6,7)8/h5H,2-4H2,1H3,(H,6,7,8). The summed E-state index contributed by atoms with van der Waals surface area (Å²) in [5, 5.41) is 0. The molecule has 0 rings (SSSR count). The van der Waals surface area contributed by atoms with Gasteiger partial charge in [-0.25, -0.2) is 0 Å². The topological polar surface area (TPSA) is 110 Å². The summed E-state index contributed by atoms with van der Waals surface area (Å²) in [5.74, 6) is -0.821. The zero-order valence-corrected chi connectivity index (χ0v) is 8.56. The van der Waals surface area contributed by atoms with Gasteiger partial charge in [-0.15, -0.1) is 0 Å². The molecular weight excluding hydrogens is 222 g/mol. The number of hydrogen-bond donors (Lipinski definition) is 2. The Hall–Kier alpha value is -0.220. The van der Waals surface area contributed by atoms with E-state index in [1.807, 2.05) is 5.48 Å². The maximum Gasteiger partial charge on any atom is 0.282 e. The van der Waals surface area contributed by atoms with Gasteiger partial charge in [0, 0.05) is 6.54 Å². The summed E-state index contributed by atoms with van der Waals surface area (Å²) in [4.78, 5) is 0. The van der Waals surface area contributed by atoms with E-state index in [9.17, 15) is 16.8 Å². The van der Waals surface area contributed by atoms with Crippen molar-refractivity contribution in [1.82, 2.24) is 5.48 Å². The molecule has 0 aromatic rings. The van der Waals surface area contributed by atoms with E-state index in [1.165, 1.54) is 6.92 Å². The van der Waals surface area contributed by atoms with Gasteiger partial charge in [-0.3, -0.25) is 4.55 Å². The van der Waals surface area contributed by atoms with Crippen molar-refractivity contribution in [2.45, 2.75) is 6.92 Å². The fourth-order valence-electron chi connectivity index (χ4n) is 0.361. The van der Waals surface area contributed by atoms with Crippen LogP contribution in [0.3, 0.4) is 0 Å². The molecule has 0 aliphatic carbocycles. The predicted molar refractivity (Wildman–Crippen MR) is 45.0 cm³/mol. The van der Waals surface area contributed by atoms with E-state index in [0.717, 1.165) is 0 Å². The molecule has 0 saturated heterocycles. The largest absolute Gasteiger partial charge is 0.286 e. The normalized spacial score (nSPS) is 13.1. The Morgan fingerprint density at radius 1 is 1.31 bits per heavy atom.